The fraction of sp³-hybridized carbons (Fsp3) is 0.273. The molecule has 2 aromatic rings. The molecule has 1 aliphatic rings. The van der Waals surface area contributed by atoms with Crippen LogP contribution in [-0.2, 0) is 0 Å². The quantitative estimate of drug-likeness (QED) is 0.773. The molecule has 7 nitrogen and oxygen atoms in total. The fourth-order valence-electron chi connectivity index (χ4n) is 1.95. The lowest BCUT2D eigenvalue weighted by atomic mass is 10.2. The average Bonchev–Trinajstić information content (AvgIpc) is 3.02. The zero-order valence-corrected chi connectivity index (χ0v) is 9.89. The lowest BCUT2D eigenvalue weighted by Crippen LogP contribution is -2.29. The number of benzene rings is 1. The van der Waals surface area contributed by atoms with E-state index in [1.807, 2.05) is 24.3 Å². The molecule has 1 fully saturated rings. The van der Waals surface area contributed by atoms with Gasteiger partial charge in [0.05, 0.1) is 5.69 Å². The molecule has 7 heteroatoms. The lowest BCUT2D eigenvalue weighted by Gasteiger charge is -2.16. The summed E-state index contributed by atoms with van der Waals surface area (Å²) in [6.45, 7) is 1.48. The molecule has 1 aliphatic heterocycles. The van der Waals surface area contributed by atoms with Gasteiger partial charge in [-0.15, -0.1) is 5.10 Å². The highest BCUT2D eigenvalue weighted by molar-refractivity contribution is 5.93. The molecule has 0 saturated carbocycles. The summed E-state index contributed by atoms with van der Waals surface area (Å²) in [6.07, 6.45) is 1.53. The van der Waals surface area contributed by atoms with Gasteiger partial charge in [-0.3, -0.25) is 4.90 Å². The van der Waals surface area contributed by atoms with E-state index in [9.17, 15) is 4.79 Å². The van der Waals surface area contributed by atoms with Gasteiger partial charge in [0.1, 0.15) is 6.33 Å². The van der Waals surface area contributed by atoms with Crippen molar-refractivity contribution >= 4 is 11.7 Å². The molecule has 18 heavy (non-hydrogen) atoms. The molecular weight excluding hydrogens is 232 g/mol. The molecule has 2 amide bonds. The number of anilines is 1. The minimum Gasteiger partial charge on any atom is -0.326 e. The molecule has 3 rings (SSSR count). The van der Waals surface area contributed by atoms with Crippen molar-refractivity contribution in [1.29, 1.82) is 0 Å². The van der Waals surface area contributed by atoms with E-state index in [1.165, 1.54) is 6.33 Å². The molecule has 0 radical (unpaired) electrons. The van der Waals surface area contributed by atoms with Gasteiger partial charge in [-0.25, -0.2) is 9.48 Å². The van der Waals surface area contributed by atoms with Crippen LogP contribution in [-0.4, -0.2) is 51.3 Å². The second-order valence-corrected chi connectivity index (χ2v) is 4.13. The van der Waals surface area contributed by atoms with Gasteiger partial charge in [0.2, 0.25) is 0 Å². The van der Waals surface area contributed by atoms with E-state index in [4.69, 9.17) is 0 Å². The molecule has 1 aromatic carbocycles. The Morgan fingerprint density at radius 2 is 1.83 bits per heavy atom. The van der Waals surface area contributed by atoms with Crippen LogP contribution in [0.3, 0.4) is 0 Å². The normalized spacial score (nSPS) is 15.5. The van der Waals surface area contributed by atoms with Crippen LogP contribution in [0.5, 0.6) is 0 Å². The summed E-state index contributed by atoms with van der Waals surface area (Å²) in [4.78, 5) is 15.3. The third-order valence-corrected chi connectivity index (χ3v) is 2.99. The van der Waals surface area contributed by atoms with Gasteiger partial charge >= 0.3 is 6.03 Å². The van der Waals surface area contributed by atoms with Crippen molar-refractivity contribution in [3.05, 3.63) is 30.6 Å². The average molecular weight is 244 g/mol. The number of amides is 2. The highest BCUT2D eigenvalue weighted by atomic mass is 16.2. The number of carbonyl (C=O) groups excluding carboxylic acids is 1. The predicted octanol–water partition coefficient (Wildman–Crippen LogP) is 0.534. The Morgan fingerprint density at radius 3 is 2.39 bits per heavy atom. The molecule has 0 aliphatic carbocycles. The van der Waals surface area contributed by atoms with Crippen LogP contribution >= 0.6 is 0 Å². The molecule has 0 spiro atoms. The van der Waals surface area contributed by atoms with E-state index in [0.717, 1.165) is 24.5 Å². The van der Waals surface area contributed by atoms with Crippen LogP contribution in [0.25, 0.3) is 5.69 Å². The summed E-state index contributed by atoms with van der Waals surface area (Å²) in [7, 11) is 1.80. The van der Waals surface area contributed by atoms with Gasteiger partial charge in [-0.2, -0.15) is 0 Å². The van der Waals surface area contributed by atoms with Gasteiger partial charge in [-0.1, -0.05) is 0 Å². The summed E-state index contributed by atoms with van der Waals surface area (Å²) in [6, 6.07) is 7.60. The first-order valence-corrected chi connectivity index (χ1v) is 5.62. The number of hydrogen-bond acceptors (Lipinski definition) is 4. The molecule has 0 N–H and O–H groups in total. The number of hydrogen-bond donors (Lipinski definition) is 0. The number of urea groups is 1. The summed E-state index contributed by atoms with van der Waals surface area (Å²) in [5.41, 5.74) is 1.75. The number of nitrogens with zero attached hydrogens (tertiary/aromatic N) is 6. The van der Waals surface area contributed by atoms with Crippen LogP contribution in [0, 0.1) is 0 Å². The molecule has 0 atom stereocenters. The standard InChI is InChI=1S/C11H12N6O/c1-15-6-7-16(11(15)18)9-2-4-10(5-3-9)17-8-12-13-14-17/h2-5,8H,6-7H2,1H3. The summed E-state index contributed by atoms with van der Waals surface area (Å²) >= 11 is 0. The second kappa shape index (κ2) is 4.10. The Balaban J connectivity index is 1.86. The van der Waals surface area contributed by atoms with Gasteiger partial charge in [-0.05, 0) is 34.7 Å². The highest BCUT2D eigenvalue weighted by Gasteiger charge is 2.26. The van der Waals surface area contributed by atoms with Crippen LogP contribution in [0.4, 0.5) is 10.5 Å². The van der Waals surface area contributed by atoms with Crippen molar-refractivity contribution in [2.24, 2.45) is 0 Å². The Hall–Kier alpha value is -2.44. The van der Waals surface area contributed by atoms with Crippen LogP contribution in [0.2, 0.25) is 0 Å². The van der Waals surface area contributed by atoms with E-state index in [0.29, 0.717) is 0 Å². The Labute approximate surface area is 104 Å². The number of carbonyl (C=O) groups is 1. The van der Waals surface area contributed by atoms with Gasteiger partial charge in [0, 0.05) is 25.8 Å². The Kier molecular flexibility index (Phi) is 2.44. The highest BCUT2D eigenvalue weighted by Crippen LogP contribution is 2.20. The largest absolute Gasteiger partial charge is 0.326 e. The number of likely N-dealkylation sites (N-methyl/N-ethyl adjacent to an activating group) is 1. The van der Waals surface area contributed by atoms with Crippen molar-refractivity contribution in [1.82, 2.24) is 25.1 Å². The first-order valence-electron chi connectivity index (χ1n) is 5.62. The molecule has 1 aromatic heterocycles. The van der Waals surface area contributed by atoms with Crippen molar-refractivity contribution in [2.75, 3.05) is 25.0 Å². The number of rotatable bonds is 2. The first-order chi connectivity index (χ1) is 8.75. The van der Waals surface area contributed by atoms with Gasteiger partial charge < -0.3 is 4.90 Å². The third-order valence-electron chi connectivity index (χ3n) is 2.99. The minimum absolute atomic E-state index is 0.0326. The van der Waals surface area contributed by atoms with Crippen molar-refractivity contribution in [3.63, 3.8) is 0 Å². The van der Waals surface area contributed by atoms with Crippen molar-refractivity contribution < 1.29 is 4.79 Å². The first kappa shape index (κ1) is 10.7. The Morgan fingerprint density at radius 1 is 1.11 bits per heavy atom. The maximum atomic E-state index is 11.8. The molecule has 92 valence electrons. The van der Waals surface area contributed by atoms with E-state index in [2.05, 4.69) is 15.5 Å². The zero-order valence-electron chi connectivity index (χ0n) is 9.89. The van der Waals surface area contributed by atoms with E-state index >= 15 is 0 Å². The molecule has 1 saturated heterocycles. The van der Waals surface area contributed by atoms with Crippen molar-refractivity contribution in [3.8, 4) is 5.69 Å². The molecule has 0 bridgehead atoms. The van der Waals surface area contributed by atoms with Crippen molar-refractivity contribution in [2.45, 2.75) is 0 Å². The van der Waals surface area contributed by atoms with Crippen LogP contribution < -0.4 is 4.90 Å². The topological polar surface area (TPSA) is 67.2 Å². The van der Waals surface area contributed by atoms with E-state index in [-0.39, 0.29) is 6.03 Å². The predicted molar refractivity (Wildman–Crippen MR) is 64.5 cm³/mol. The minimum atomic E-state index is 0.0326. The lowest BCUT2D eigenvalue weighted by molar-refractivity contribution is 0.229. The fourth-order valence-corrected chi connectivity index (χ4v) is 1.95. The van der Waals surface area contributed by atoms with Crippen LogP contribution in [0.15, 0.2) is 30.6 Å². The monoisotopic (exact) mass is 244 g/mol. The van der Waals surface area contributed by atoms with E-state index < -0.39 is 0 Å². The van der Waals surface area contributed by atoms with Gasteiger partial charge in [0.25, 0.3) is 0 Å². The second-order valence-electron chi connectivity index (χ2n) is 4.13. The summed E-state index contributed by atoms with van der Waals surface area (Å²) < 4.78 is 1.57. The zero-order chi connectivity index (χ0) is 12.5. The van der Waals surface area contributed by atoms with E-state index in [1.54, 1.807) is 21.5 Å². The Bertz CT molecular complexity index is 549. The number of tetrazole rings is 1. The maximum Gasteiger partial charge on any atom is 0.324 e. The maximum absolute atomic E-state index is 11.8. The molecular formula is C11H12N6O. The van der Waals surface area contributed by atoms with Crippen LogP contribution in [0.1, 0.15) is 0 Å². The molecule has 0 unspecified atom stereocenters. The SMILES string of the molecule is CN1CCN(c2ccc(-n3cnnn3)cc2)C1=O. The summed E-state index contributed by atoms with van der Waals surface area (Å²) in [5.74, 6) is 0. The third kappa shape index (κ3) is 1.69. The number of aromatic nitrogens is 4. The smallest absolute Gasteiger partial charge is 0.324 e. The van der Waals surface area contributed by atoms with Gasteiger partial charge in [0.15, 0.2) is 0 Å². The summed E-state index contributed by atoms with van der Waals surface area (Å²) in [5, 5.41) is 11.0. The molecule has 2 heterocycles.